The van der Waals surface area contributed by atoms with E-state index in [2.05, 4.69) is 10.6 Å². The first-order valence-electron chi connectivity index (χ1n) is 19.9. The molecule has 6 rings (SSSR count). The number of carboxylic acids is 1. The average Bonchev–Trinajstić information content (AvgIpc) is 3.25. The Bertz CT molecular complexity index is 2280. The van der Waals surface area contributed by atoms with Crippen LogP contribution in [0.25, 0.3) is 33.4 Å². The molecule has 0 radical (unpaired) electrons. The second-order valence-corrected chi connectivity index (χ2v) is 15.4. The molecule has 0 bridgehead atoms. The second-order valence-electron chi connectivity index (χ2n) is 15.4. The highest BCUT2D eigenvalue weighted by atomic mass is 16.7. The van der Waals surface area contributed by atoms with Crippen LogP contribution in [0.4, 0.5) is 5.69 Å². The van der Waals surface area contributed by atoms with Gasteiger partial charge in [0.1, 0.15) is 74.3 Å². The third-order valence-electron chi connectivity index (χ3n) is 10.8. The van der Waals surface area contributed by atoms with Crippen LogP contribution in [0.15, 0.2) is 59.0 Å². The topological polar surface area (TPSA) is 293 Å². The maximum atomic E-state index is 13.2. The number of carboxylic acid groups (broad SMARTS) is 1. The largest absolute Gasteiger partial charge is 0.478 e. The van der Waals surface area contributed by atoms with Crippen molar-refractivity contribution in [3.05, 3.63) is 71.1 Å². The number of benzene rings is 3. The number of aliphatic hydroxyl groups is 7. The van der Waals surface area contributed by atoms with E-state index in [0.29, 0.717) is 33.4 Å². The summed E-state index contributed by atoms with van der Waals surface area (Å²) in [6.45, 7) is -1.81. The molecule has 2 aromatic rings. The molecule has 4 aliphatic rings. The summed E-state index contributed by atoms with van der Waals surface area (Å²) in [7, 11) is 7.62. The zero-order chi connectivity index (χ0) is 45.0. The van der Waals surface area contributed by atoms with Gasteiger partial charge < -0.3 is 79.8 Å². The third-order valence-corrected chi connectivity index (χ3v) is 10.8. The van der Waals surface area contributed by atoms with Gasteiger partial charge in [-0.1, -0.05) is 6.07 Å². The molecular weight excluding hydrogens is 816 g/mol. The van der Waals surface area contributed by atoms with Gasteiger partial charge in [0.05, 0.1) is 37.9 Å². The lowest BCUT2D eigenvalue weighted by molar-refractivity contribution is -0.359. The van der Waals surface area contributed by atoms with Crippen molar-refractivity contribution in [2.24, 2.45) is 0 Å². The van der Waals surface area contributed by atoms with E-state index >= 15 is 0 Å². The highest BCUT2D eigenvalue weighted by molar-refractivity contribution is 6.09. The Balaban J connectivity index is 1.04. The van der Waals surface area contributed by atoms with Crippen LogP contribution in [0.3, 0.4) is 0 Å². The lowest BCUT2D eigenvalue weighted by Gasteiger charge is -2.45. The Morgan fingerprint density at radius 1 is 0.774 bits per heavy atom. The van der Waals surface area contributed by atoms with Crippen LogP contribution in [-0.2, 0) is 23.7 Å². The summed E-state index contributed by atoms with van der Waals surface area (Å²) in [5.74, 6) is -1.77. The van der Waals surface area contributed by atoms with E-state index in [4.69, 9.17) is 23.4 Å². The molecule has 10 N–H and O–H groups in total. The minimum Gasteiger partial charge on any atom is -0.478 e. The highest BCUT2D eigenvalue weighted by Crippen LogP contribution is 2.42. The Hall–Kier alpha value is -5.10. The maximum absolute atomic E-state index is 13.2. The molecule has 2 aromatic carbocycles. The molecule has 3 aliphatic heterocycles. The van der Waals surface area contributed by atoms with Crippen molar-refractivity contribution in [1.82, 2.24) is 15.2 Å². The van der Waals surface area contributed by atoms with Crippen LogP contribution in [-0.4, -0.2) is 181 Å². The lowest BCUT2D eigenvalue weighted by atomic mass is 9.89. The summed E-state index contributed by atoms with van der Waals surface area (Å²) in [5, 5.41) is 88.4. The van der Waals surface area contributed by atoms with Gasteiger partial charge in [0, 0.05) is 67.1 Å². The zero-order valence-corrected chi connectivity index (χ0v) is 34.5. The Kier molecular flexibility index (Phi) is 14.9. The quantitative estimate of drug-likeness (QED) is 0.0347. The molecule has 3 heterocycles. The third kappa shape index (κ3) is 9.90. The van der Waals surface area contributed by atoms with Crippen LogP contribution in [0.5, 0.6) is 0 Å². The van der Waals surface area contributed by atoms with Gasteiger partial charge in [0.25, 0.3) is 5.91 Å². The van der Waals surface area contributed by atoms with Gasteiger partial charge in [0.2, 0.25) is 11.3 Å². The van der Waals surface area contributed by atoms with E-state index in [1.165, 1.54) is 12.1 Å². The monoisotopic (exact) mass is 869 g/mol. The summed E-state index contributed by atoms with van der Waals surface area (Å²) in [6.07, 6.45) is -16.4. The molecule has 0 spiro atoms. The molecule has 0 unspecified atom stereocenters. The summed E-state index contributed by atoms with van der Waals surface area (Å²) in [5.41, 5.74) is 3.12. The Morgan fingerprint density at radius 2 is 1.45 bits per heavy atom. The lowest BCUT2D eigenvalue weighted by Crippen LogP contribution is -2.64. The standard InChI is InChI=1S/C42H52N4O16/c1-45(2)21-6-9-24-27(16-21)59-28-17-22(46(3)4)7-10-25(28)32(24)23-8-5-20(15-26(23)40(56)57)39(55)44-13-12-43-31(49)11-14-58-41-37(54)35(52)38(30(19-48)61-41)62-42-36(53)34(51)33(50)29(18-47)60-42/h5-10,15-17,29-30,33-38,41-42,47-48,50-54H,11-14,18-19H2,1-4H3,(H2-,43,44,49,55,56,57)/p+1/t29-,30-,33+,34+,35-,36-,37-,38-,41-,42+/m1/s1. The van der Waals surface area contributed by atoms with Crippen molar-refractivity contribution in [2.45, 2.75) is 67.8 Å². The van der Waals surface area contributed by atoms with Crippen LogP contribution >= 0.6 is 0 Å². The number of nitrogens with zero attached hydrogens (tertiary/aromatic N) is 2. The van der Waals surface area contributed by atoms with E-state index < -0.39 is 92.4 Å². The van der Waals surface area contributed by atoms with Crippen molar-refractivity contribution in [3.63, 3.8) is 0 Å². The average molecular weight is 870 g/mol. The summed E-state index contributed by atoms with van der Waals surface area (Å²) >= 11 is 0. The molecule has 2 fully saturated rings. The first kappa shape index (κ1) is 46.4. The molecule has 2 saturated heterocycles. The molecule has 2 amide bonds. The Morgan fingerprint density at radius 3 is 2.13 bits per heavy atom. The molecular formula is C42H53N4O16+. The number of carbonyl (C=O) groups excluding carboxylic acids is 2. The maximum Gasteiger partial charge on any atom is 0.336 e. The van der Waals surface area contributed by atoms with Gasteiger partial charge in [-0.25, -0.2) is 9.37 Å². The number of aliphatic hydroxyl groups excluding tert-OH is 7. The smallest absolute Gasteiger partial charge is 0.336 e. The van der Waals surface area contributed by atoms with E-state index in [-0.39, 0.29) is 37.2 Å². The predicted octanol–water partition coefficient (Wildman–Crippen LogP) is -2.12. The highest BCUT2D eigenvalue weighted by Gasteiger charge is 2.50. The summed E-state index contributed by atoms with van der Waals surface area (Å²) in [6, 6.07) is 15.8. The number of fused-ring (bicyclic) bond motifs is 2. The first-order valence-corrected chi connectivity index (χ1v) is 19.9. The van der Waals surface area contributed by atoms with Gasteiger partial charge in [-0.2, -0.15) is 0 Å². The number of aromatic carboxylic acids is 1. The number of hydrogen-bond donors (Lipinski definition) is 10. The zero-order valence-electron chi connectivity index (χ0n) is 34.5. The number of anilines is 1. The fourth-order valence-electron chi connectivity index (χ4n) is 7.32. The minimum absolute atomic E-state index is 0.00532. The molecule has 336 valence electrons. The van der Waals surface area contributed by atoms with Gasteiger partial charge in [0.15, 0.2) is 12.6 Å². The van der Waals surface area contributed by atoms with Crippen molar-refractivity contribution in [3.8, 4) is 22.5 Å². The van der Waals surface area contributed by atoms with Crippen LogP contribution < -0.4 is 25.5 Å². The van der Waals surface area contributed by atoms with E-state index in [0.717, 1.165) is 11.0 Å². The number of nitrogens with one attached hydrogen (secondary N) is 2. The molecule has 10 atom stereocenters. The van der Waals surface area contributed by atoms with Gasteiger partial charge in [-0.15, -0.1) is 0 Å². The van der Waals surface area contributed by atoms with Crippen LogP contribution in [0.1, 0.15) is 27.1 Å². The summed E-state index contributed by atoms with van der Waals surface area (Å²) < 4.78 is 30.1. The number of ether oxygens (including phenoxy) is 4. The van der Waals surface area contributed by atoms with E-state index in [1.807, 2.05) is 74.1 Å². The van der Waals surface area contributed by atoms with Gasteiger partial charge in [-0.3, -0.25) is 9.59 Å². The molecule has 0 aromatic heterocycles. The van der Waals surface area contributed by atoms with Crippen molar-refractivity contribution in [2.75, 3.05) is 66.0 Å². The van der Waals surface area contributed by atoms with E-state index in [9.17, 15) is 55.2 Å². The fraction of sp³-hybridized carbons (Fsp3) is 0.476. The molecule has 20 heteroatoms. The van der Waals surface area contributed by atoms with Crippen molar-refractivity contribution >= 4 is 34.4 Å². The number of amides is 2. The predicted molar refractivity (Wildman–Crippen MR) is 219 cm³/mol. The first-order chi connectivity index (χ1) is 29.5. The number of hydrogen-bond acceptors (Lipinski definition) is 16. The van der Waals surface area contributed by atoms with Crippen LogP contribution in [0, 0.1) is 0 Å². The second kappa shape index (κ2) is 19.9. The Labute approximate surface area is 355 Å². The SMILES string of the molecule is CN(C)c1ccc2c(-c3ccc(C(=O)NCCNC(=O)CCO[C@@H]4O[C@H](CO)[C@@H](O[C@@H]5O[C@H](CO)[C@H](O)[C@H](O)[C@H]5O)[C@H](O)[C@H]4O)cc3C(=O)O)c3ccc(=[N+](C)C)cc-3oc2c1. The number of rotatable bonds is 15. The molecule has 1 aliphatic carbocycles. The van der Waals surface area contributed by atoms with Crippen molar-refractivity contribution in [1.29, 1.82) is 0 Å². The van der Waals surface area contributed by atoms with Crippen LogP contribution in [0.2, 0.25) is 0 Å². The van der Waals surface area contributed by atoms with Gasteiger partial charge >= 0.3 is 5.97 Å². The van der Waals surface area contributed by atoms with Gasteiger partial charge in [-0.05, 0) is 35.9 Å². The number of carbonyl (C=O) groups is 3. The van der Waals surface area contributed by atoms with E-state index in [1.54, 1.807) is 6.07 Å². The minimum atomic E-state index is -1.82. The fourth-order valence-corrected chi connectivity index (χ4v) is 7.32. The molecule has 62 heavy (non-hydrogen) atoms. The molecule has 0 saturated carbocycles. The normalized spacial score (nSPS) is 26.3. The summed E-state index contributed by atoms with van der Waals surface area (Å²) in [4.78, 5) is 40.4. The molecule has 20 nitrogen and oxygen atoms in total. The van der Waals surface area contributed by atoms with Crippen molar-refractivity contribution < 1.29 is 78.6 Å².